The van der Waals surface area contributed by atoms with Gasteiger partial charge in [0.25, 0.3) is 5.91 Å². The normalized spacial score (nSPS) is 17.0. The second-order valence-electron chi connectivity index (χ2n) is 7.44. The zero-order valence-corrected chi connectivity index (χ0v) is 17.4. The van der Waals surface area contributed by atoms with E-state index in [1.54, 1.807) is 50.2 Å². The van der Waals surface area contributed by atoms with Crippen molar-refractivity contribution in [3.8, 4) is 0 Å². The molecule has 1 aliphatic rings. The predicted molar refractivity (Wildman–Crippen MR) is 110 cm³/mol. The number of halogens is 1. The fourth-order valence-electron chi connectivity index (χ4n) is 3.18. The molecule has 0 aromatic heterocycles. The topological polar surface area (TPSA) is 93.7 Å². The number of benzene rings is 2. The molecule has 2 aromatic carbocycles. The summed E-state index contributed by atoms with van der Waals surface area (Å²) in [5.41, 5.74) is 1.87. The number of ether oxygens (including phenoxy) is 2. The van der Waals surface area contributed by atoms with Crippen molar-refractivity contribution in [3.63, 3.8) is 0 Å². The number of hydrogen-bond donors (Lipinski definition) is 2. The number of cyclic esters (lactones) is 1. The molecule has 0 radical (unpaired) electrons. The van der Waals surface area contributed by atoms with E-state index in [4.69, 9.17) is 9.47 Å². The lowest BCUT2D eigenvalue weighted by molar-refractivity contribution is -0.159. The summed E-state index contributed by atoms with van der Waals surface area (Å²) in [6, 6.07) is 12.2. The van der Waals surface area contributed by atoms with Crippen molar-refractivity contribution in [2.24, 2.45) is 0 Å². The van der Waals surface area contributed by atoms with Gasteiger partial charge < -0.3 is 14.8 Å². The minimum absolute atomic E-state index is 0.132. The number of hydrogen-bond acceptors (Lipinski definition) is 6. The number of amides is 1. The lowest BCUT2D eigenvalue weighted by Gasteiger charge is -2.20. The van der Waals surface area contributed by atoms with Gasteiger partial charge in [-0.25, -0.2) is 9.18 Å². The van der Waals surface area contributed by atoms with Crippen LogP contribution < -0.4 is 10.6 Å². The van der Waals surface area contributed by atoms with Gasteiger partial charge in [-0.2, -0.15) is 0 Å². The Morgan fingerprint density at radius 3 is 2.42 bits per heavy atom. The minimum atomic E-state index is -1.12. The summed E-state index contributed by atoms with van der Waals surface area (Å²) in [5.74, 6) is -3.02. The molecule has 0 saturated carbocycles. The van der Waals surface area contributed by atoms with E-state index in [1.165, 1.54) is 19.2 Å². The Labute approximate surface area is 179 Å². The quantitative estimate of drug-likeness (QED) is 0.522. The van der Waals surface area contributed by atoms with E-state index in [-0.39, 0.29) is 24.0 Å². The zero-order chi connectivity index (χ0) is 22.6. The average molecular weight is 426 g/mol. The average Bonchev–Trinajstić information content (AvgIpc) is 3.00. The van der Waals surface area contributed by atoms with Gasteiger partial charge in [0.2, 0.25) is 11.5 Å². The van der Waals surface area contributed by atoms with Crippen LogP contribution in [-0.2, 0) is 19.1 Å². The molecule has 1 aliphatic heterocycles. The van der Waals surface area contributed by atoms with Gasteiger partial charge in [-0.1, -0.05) is 24.3 Å². The number of nitrogens with one attached hydrogen (secondary N) is 2. The number of carbonyl (C=O) groups excluding carboxylic acids is 3. The highest BCUT2D eigenvalue weighted by Gasteiger charge is 2.37. The highest BCUT2D eigenvalue weighted by atomic mass is 19.1. The number of ketones is 1. The number of rotatable bonds is 7. The predicted octanol–water partition coefficient (Wildman–Crippen LogP) is 2.63. The Balaban J connectivity index is 1.83. The Morgan fingerprint density at radius 2 is 1.81 bits per heavy atom. The van der Waals surface area contributed by atoms with Crippen LogP contribution in [0.1, 0.15) is 41.4 Å². The van der Waals surface area contributed by atoms with Crippen LogP contribution in [0.2, 0.25) is 0 Å². The van der Waals surface area contributed by atoms with E-state index in [2.05, 4.69) is 10.6 Å². The summed E-state index contributed by atoms with van der Waals surface area (Å²) in [7, 11) is 1.54. The zero-order valence-electron chi connectivity index (χ0n) is 17.4. The van der Waals surface area contributed by atoms with Gasteiger partial charge in [0.1, 0.15) is 5.82 Å². The van der Waals surface area contributed by atoms with Crippen molar-refractivity contribution in [3.05, 3.63) is 82.9 Å². The molecule has 0 bridgehead atoms. The summed E-state index contributed by atoms with van der Waals surface area (Å²) in [5, 5.41) is 5.68. The highest BCUT2D eigenvalue weighted by molar-refractivity contribution is 6.00. The molecule has 31 heavy (non-hydrogen) atoms. The van der Waals surface area contributed by atoms with E-state index in [9.17, 15) is 18.8 Å². The van der Waals surface area contributed by atoms with Crippen LogP contribution in [0.4, 0.5) is 4.39 Å². The third-order valence-electron chi connectivity index (χ3n) is 4.58. The largest absolute Gasteiger partial charge is 0.445 e. The first kappa shape index (κ1) is 22.2. The first-order valence-corrected chi connectivity index (χ1v) is 9.66. The first-order valence-electron chi connectivity index (χ1n) is 9.66. The summed E-state index contributed by atoms with van der Waals surface area (Å²) in [4.78, 5) is 36.3. The van der Waals surface area contributed by atoms with E-state index >= 15 is 0 Å². The van der Waals surface area contributed by atoms with Crippen LogP contribution >= 0.6 is 0 Å². The van der Waals surface area contributed by atoms with Crippen molar-refractivity contribution in [1.82, 2.24) is 10.6 Å². The molecule has 3 rings (SSSR count). The summed E-state index contributed by atoms with van der Waals surface area (Å²) >= 11 is 0. The van der Waals surface area contributed by atoms with E-state index in [1.807, 2.05) is 0 Å². The maximum Gasteiger partial charge on any atom is 0.377 e. The molecule has 7 nitrogen and oxygen atoms in total. The highest BCUT2D eigenvalue weighted by Crippen LogP contribution is 2.26. The molecular formula is C23H23FN2O5. The molecule has 162 valence electrons. The molecule has 1 fully saturated rings. The maximum absolute atomic E-state index is 13.4. The first-order chi connectivity index (χ1) is 14.7. The van der Waals surface area contributed by atoms with E-state index in [0.29, 0.717) is 16.7 Å². The fraction of sp³-hybridized carbons (Fsp3) is 0.261. The van der Waals surface area contributed by atoms with Gasteiger partial charge in [-0.15, -0.1) is 0 Å². The standard InChI is InChI=1S/C23H23FN2O5/c1-23(2)30-19(22(29)31-23)12-18(27)13-26-20(14-7-9-17(24)10-8-14)15-5-4-6-16(11-15)21(28)25-3/h4-12,20,26H,13H2,1-3H3,(H,25,28)/b19-12-. The van der Waals surface area contributed by atoms with Crippen LogP contribution in [0.25, 0.3) is 0 Å². The number of esters is 1. The van der Waals surface area contributed by atoms with Gasteiger partial charge in [0.15, 0.2) is 5.78 Å². The van der Waals surface area contributed by atoms with E-state index in [0.717, 1.165) is 6.08 Å². The van der Waals surface area contributed by atoms with Crippen LogP contribution in [-0.4, -0.2) is 37.0 Å². The fourth-order valence-corrected chi connectivity index (χ4v) is 3.18. The molecule has 1 atom stereocenters. The summed E-state index contributed by atoms with van der Waals surface area (Å²) in [6.45, 7) is 3.00. The molecule has 1 saturated heterocycles. The molecule has 0 spiro atoms. The SMILES string of the molecule is CNC(=O)c1cccc(C(NCC(=O)/C=C2\OC(C)(C)OC2=O)c2ccc(F)cc2)c1. The maximum atomic E-state index is 13.4. The van der Waals surface area contributed by atoms with Crippen molar-refractivity contribution < 1.29 is 28.2 Å². The molecular weight excluding hydrogens is 403 g/mol. The lowest BCUT2D eigenvalue weighted by Crippen LogP contribution is -2.28. The Morgan fingerprint density at radius 1 is 1.10 bits per heavy atom. The van der Waals surface area contributed by atoms with Crippen LogP contribution in [0.3, 0.4) is 0 Å². The lowest BCUT2D eigenvalue weighted by atomic mass is 9.96. The molecule has 0 aliphatic carbocycles. The molecule has 8 heteroatoms. The van der Waals surface area contributed by atoms with Crippen molar-refractivity contribution in [2.75, 3.05) is 13.6 Å². The van der Waals surface area contributed by atoms with Crippen LogP contribution in [0.15, 0.2) is 60.4 Å². The van der Waals surface area contributed by atoms with Crippen LogP contribution in [0, 0.1) is 5.82 Å². The Kier molecular flexibility index (Phi) is 6.50. The summed E-state index contributed by atoms with van der Waals surface area (Å²) in [6.07, 6.45) is 1.09. The van der Waals surface area contributed by atoms with Crippen molar-refractivity contribution in [2.45, 2.75) is 25.7 Å². The van der Waals surface area contributed by atoms with Crippen molar-refractivity contribution in [1.29, 1.82) is 0 Å². The molecule has 1 unspecified atom stereocenters. The van der Waals surface area contributed by atoms with Crippen molar-refractivity contribution >= 4 is 17.7 Å². The Bertz CT molecular complexity index is 1030. The van der Waals surface area contributed by atoms with E-state index < -0.39 is 23.6 Å². The van der Waals surface area contributed by atoms with Gasteiger partial charge in [0.05, 0.1) is 12.6 Å². The van der Waals surface area contributed by atoms with Crippen LogP contribution in [0.5, 0.6) is 0 Å². The smallest absolute Gasteiger partial charge is 0.377 e. The van der Waals surface area contributed by atoms with Gasteiger partial charge in [-0.05, 0) is 35.4 Å². The second kappa shape index (κ2) is 9.09. The van der Waals surface area contributed by atoms with Gasteiger partial charge >= 0.3 is 5.97 Å². The number of carbonyl (C=O) groups is 3. The molecule has 2 aromatic rings. The van der Waals surface area contributed by atoms with Gasteiger partial charge in [0, 0.05) is 32.5 Å². The van der Waals surface area contributed by atoms with Gasteiger partial charge in [-0.3, -0.25) is 14.9 Å². The molecule has 1 heterocycles. The Hall–Kier alpha value is -3.52. The second-order valence-corrected chi connectivity index (χ2v) is 7.44. The minimum Gasteiger partial charge on any atom is -0.445 e. The third-order valence-corrected chi connectivity index (χ3v) is 4.58. The summed E-state index contributed by atoms with van der Waals surface area (Å²) < 4.78 is 23.8. The monoisotopic (exact) mass is 426 g/mol. The molecule has 2 N–H and O–H groups in total. The molecule has 1 amide bonds. The third kappa shape index (κ3) is 5.55.